The average molecular weight is 223 g/mol. The van der Waals surface area contributed by atoms with Gasteiger partial charge in [-0.25, -0.2) is 0 Å². The van der Waals surface area contributed by atoms with Crippen LogP contribution in [0.25, 0.3) is 0 Å². The van der Waals surface area contributed by atoms with Crippen molar-refractivity contribution in [3.8, 4) is 0 Å². The second kappa shape index (κ2) is 4.22. The van der Waals surface area contributed by atoms with Crippen molar-refractivity contribution in [2.24, 2.45) is 7.05 Å². The van der Waals surface area contributed by atoms with E-state index in [1.807, 2.05) is 34.0 Å². The highest BCUT2D eigenvalue weighted by molar-refractivity contribution is 6.47. The normalized spacial score (nSPS) is 12.9. The summed E-state index contributed by atoms with van der Waals surface area (Å²) in [5, 5.41) is 14.1. The number of hydrogen-bond donors (Lipinski definition) is 1. The first kappa shape index (κ1) is 13.3. The molecule has 1 rings (SSSR count). The van der Waals surface area contributed by atoms with Gasteiger partial charge in [0, 0.05) is 13.2 Å². The lowest BCUT2D eigenvalue weighted by atomic mass is 9.83. The van der Waals surface area contributed by atoms with Crippen molar-refractivity contribution >= 4 is 12.9 Å². The van der Waals surface area contributed by atoms with E-state index in [-0.39, 0.29) is 0 Å². The molecule has 0 aliphatic heterocycles. The molecule has 5 heteroatoms. The monoisotopic (exact) mass is 223 g/mol. The van der Waals surface area contributed by atoms with Crippen LogP contribution in [0, 0.1) is 6.92 Å². The standard InChI is InChI=1S/C11H20BN2O2/c1-8-9(7-14(6)13-8)12-16-11(4,5)10(2,3)15/h7,15H,1-6H3. The van der Waals surface area contributed by atoms with Crippen LogP contribution in [0.5, 0.6) is 0 Å². The molecule has 0 saturated carbocycles. The number of rotatable bonds is 4. The van der Waals surface area contributed by atoms with Gasteiger partial charge in [-0.05, 0) is 40.1 Å². The van der Waals surface area contributed by atoms with Crippen molar-refractivity contribution < 1.29 is 9.76 Å². The largest absolute Gasteiger partial charge is 0.426 e. The number of aliphatic hydroxyl groups is 1. The fourth-order valence-electron chi connectivity index (χ4n) is 1.09. The van der Waals surface area contributed by atoms with Crippen LogP contribution in [0.4, 0.5) is 0 Å². The van der Waals surface area contributed by atoms with Gasteiger partial charge in [0.1, 0.15) is 0 Å². The number of nitrogens with zero attached hydrogens (tertiary/aromatic N) is 2. The number of hydrogen-bond acceptors (Lipinski definition) is 3. The molecule has 0 aliphatic carbocycles. The second-order valence-electron chi connectivity index (χ2n) is 5.15. The van der Waals surface area contributed by atoms with Gasteiger partial charge in [0.2, 0.25) is 0 Å². The molecule has 0 bridgehead atoms. The molecule has 0 fully saturated rings. The van der Waals surface area contributed by atoms with Gasteiger partial charge >= 0.3 is 7.48 Å². The van der Waals surface area contributed by atoms with E-state index in [9.17, 15) is 5.11 Å². The van der Waals surface area contributed by atoms with E-state index in [1.54, 1.807) is 26.0 Å². The van der Waals surface area contributed by atoms with Crippen LogP contribution >= 0.6 is 0 Å². The molecule has 0 amide bonds. The molecule has 0 aromatic carbocycles. The van der Waals surface area contributed by atoms with Crippen molar-refractivity contribution in [2.45, 2.75) is 45.8 Å². The zero-order chi connectivity index (χ0) is 12.6. The van der Waals surface area contributed by atoms with Gasteiger partial charge in [-0.1, -0.05) is 0 Å². The summed E-state index contributed by atoms with van der Waals surface area (Å²) >= 11 is 0. The SMILES string of the molecule is Cc1nn(C)cc1[B]OC(C)(C)C(C)(C)O. The first-order valence-electron chi connectivity index (χ1n) is 5.37. The summed E-state index contributed by atoms with van der Waals surface area (Å²) in [6.07, 6.45) is 1.88. The Kier molecular flexibility index (Phi) is 3.50. The first-order chi connectivity index (χ1) is 7.13. The van der Waals surface area contributed by atoms with Crippen molar-refractivity contribution in [3.05, 3.63) is 11.9 Å². The molecule has 0 aliphatic rings. The molecule has 1 N–H and O–H groups in total. The van der Waals surface area contributed by atoms with Gasteiger partial charge in [-0.3, -0.25) is 4.68 Å². The summed E-state index contributed by atoms with van der Waals surface area (Å²) in [7, 11) is 3.52. The third kappa shape index (κ3) is 2.86. The molecule has 1 radical (unpaired) electrons. The molecule has 4 nitrogen and oxygen atoms in total. The molecular weight excluding hydrogens is 203 g/mol. The van der Waals surface area contributed by atoms with Crippen LogP contribution < -0.4 is 5.46 Å². The van der Waals surface area contributed by atoms with Crippen LogP contribution in [0.1, 0.15) is 33.4 Å². The lowest BCUT2D eigenvalue weighted by Crippen LogP contribution is -2.49. The predicted octanol–water partition coefficient (Wildman–Crippen LogP) is 0.539. The highest BCUT2D eigenvalue weighted by Gasteiger charge is 2.35. The number of aryl methyl sites for hydroxylation is 2. The van der Waals surface area contributed by atoms with E-state index in [2.05, 4.69) is 5.10 Å². The van der Waals surface area contributed by atoms with Gasteiger partial charge in [0.15, 0.2) is 0 Å². The Labute approximate surface area is 97.9 Å². The second-order valence-corrected chi connectivity index (χ2v) is 5.15. The Morgan fingerprint density at radius 2 is 1.94 bits per heavy atom. The minimum absolute atomic E-state index is 0.644. The van der Waals surface area contributed by atoms with E-state index >= 15 is 0 Å². The molecule has 0 spiro atoms. The van der Waals surface area contributed by atoms with Gasteiger partial charge in [-0.15, -0.1) is 0 Å². The van der Waals surface area contributed by atoms with Crippen molar-refractivity contribution in [1.82, 2.24) is 9.78 Å². The zero-order valence-corrected chi connectivity index (χ0v) is 10.9. The minimum atomic E-state index is -0.903. The summed E-state index contributed by atoms with van der Waals surface area (Å²) in [6.45, 7) is 9.10. The Hall–Kier alpha value is -0.805. The maximum absolute atomic E-state index is 9.93. The van der Waals surface area contributed by atoms with E-state index in [0.29, 0.717) is 0 Å². The van der Waals surface area contributed by atoms with Crippen molar-refractivity contribution in [3.63, 3.8) is 0 Å². The van der Waals surface area contributed by atoms with E-state index in [0.717, 1.165) is 11.2 Å². The van der Waals surface area contributed by atoms with Gasteiger partial charge in [0.05, 0.1) is 16.9 Å². The Balaban J connectivity index is 2.68. The minimum Gasteiger partial charge on any atom is -0.426 e. The topological polar surface area (TPSA) is 47.3 Å². The van der Waals surface area contributed by atoms with Crippen LogP contribution in [-0.4, -0.2) is 33.6 Å². The van der Waals surface area contributed by atoms with Gasteiger partial charge in [0.25, 0.3) is 0 Å². The van der Waals surface area contributed by atoms with Crippen LogP contribution in [0.3, 0.4) is 0 Å². The molecule has 0 atom stereocenters. The maximum Gasteiger partial charge on any atom is 0.334 e. The lowest BCUT2D eigenvalue weighted by Gasteiger charge is -2.37. The number of aromatic nitrogens is 2. The summed E-state index contributed by atoms with van der Waals surface area (Å²) in [4.78, 5) is 0. The van der Waals surface area contributed by atoms with Crippen LogP contribution in [0.2, 0.25) is 0 Å². The molecule has 89 valence electrons. The van der Waals surface area contributed by atoms with E-state index in [4.69, 9.17) is 4.65 Å². The molecule has 0 unspecified atom stereocenters. The molecular formula is C11H20BN2O2. The predicted molar refractivity (Wildman–Crippen MR) is 64.8 cm³/mol. The Morgan fingerprint density at radius 3 is 2.31 bits per heavy atom. The summed E-state index contributed by atoms with van der Waals surface area (Å²) in [5.41, 5.74) is 0.295. The van der Waals surface area contributed by atoms with E-state index < -0.39 is 11.2 Å². The van der Waals surface area contributed by atoms with Crippen molar-refractivity contribution in [1.29, 1.82) is 0 Å². The maximum atomic E-state index is 9.93. The average Bonchev–Trinajstić information content (AvgIpc) is 2.39. The van der Waals surface area contributed by atoms with Crippen LogP contribution in [0.15, 0.2) is 6.20 Å². The van der Waals surface area contributed by atoms with E-state index in [1.165, 1.54) is 0 Å². The van der Waals surface area contributed by atoms with Gasteiger partial charge < -0.3 is 9.76 Å². The molecule has 1 heterocycles. The summed E-state index contributed by atoms with van der Waals surface area (Å²) in [5.74, 6) is 0. The fourth-order valence-corrected chi connectivity index (χ4v) is 1.09. The summed E-state index contributed by atoms with van der Waals surface area (Å²) in [6, 6.07) is 0. The molecule has 1 aromatic heterocycles. The summed E-state index contributed by atoms with van der Waals surface area (Å²) < 4.78 is 7.38. The zero-order valence-electron chi connectivity index (χ0n) is 10.9. The van der Waals surface area contributed by atoms with Crippen molar-refractivity contribution in [2.75, 3.05) is 0 Å². The smallest absolute Gasteiger partial charge is 0.334 e. The first-order valence-corrected chi connectivity index (χ1v) is 5.37. The Bertz CT molecular complexity index is 367. The third-order valence-corrected chi connectivity index (χ3v) is 3.01. The lowest BCUT2D eigenvalue weighted by molar-refractivity contribution is -0.0893. The fraction of sp³-hybridized carbons (Fsp3) is 0.727. The molecule has 1 aromatic rings. The van der Waals surface area contributed by atoms with Crippen LogP contribution in [-0.2, 0) is 11.7 Å². The highest BCUT2D eigenvalue weighted by Crippen LogP contribution is 2.24. The highest BCUT2D eigenvalue weighted by atomic mass is 16.5. The van der Waals surface area contributed by atoms with Gasteiger partial charge in [-0.2, -0.15) is 5.10 Å². The third-order valence-electron chi connectivity index (χ3n) is 3.01. The molecule has 16 heavy (non-hydrogen) atoms. The quantitative estimate of drug-likeness (QED) is 0.758. The Morgan fingerprint density at radius 1 is 1.38 bits per heavy atom. The molecule has 0 saturated heterocycles.